The smallest absolute Gasteiger partial charge is 0.238 e. The van der Waals surface area contributed by atoms with Gasteiger partial charge in [-0.15, -0.1) is 0 Å². The van der Waals surface area contributed by atoms with Crippen molar-refractivity contribution in [1.29, 1.82) is 0 Å². The molecule has 0 spiro atoms. The van der Waals surface area contributed by atoms with Crippen LogP contribution in [0.2, 0.25) is 0 Å². The van der Waals surface area contributed by atoms with E-state index in [4.69, 9.17) is 9.47 Å². The number of anilines is 2. The summed E-state index contributed by atoms with van der Waals surface area (Å²) in [6, 6.07) is 24.0. The molecule has 0 unspecified atom stereocenters. The Hall–Kier alpha value is -3.84. The van der Waals surface area contributed by atoms with E-state index in [9.17, 15) is 9.59 Å². The lowest BCUT2D eigenvalue weighted by Gasteiger charge is -2.20. The van der Waals surface area contributed by atoms with Crippen molar-refractivity contribution in [2.45, 2.75) is 13.3 Å². The molecule has 0 heterocycles. The van der Waals surface area contributed by atoms with Crippen molar-refractivity contribution in [2.24, 2.45) is 0 Å². The molecule has 7 nitrogen and oxygen atoms in total. The van der Waals surface area contributed by atoms with Gasteiger partial charge < -0.3 is 20.1 Å². The lowest BCUT2D eigenvalue weighted by molar-refractivity contribution is -0.119. The van der Waals surface area contributed by atoms with Gasteiger partial charge in [-0.25, -0.2) is 0 Å². The van der Waals surface area contributed by atoms with Crippen LogP contribution >= 0.6 is 0 Å². The van der Waals surface area contributed by atoms with Crippen LogP contribution < -0.4 is 20.1 Å². The molecule has 0 bridgehead atoms. The highest BCUT2D eigenvalue weighted by molar-refractivity contribution is 5.94. The number of carbonyl (C=O) groups excluding carboxylic acids is 2. The molecular weight excluding hydrogens is 418 g/mol. The predicted octanol–water partition coefficient (Wildman–Crippen LogP) is 4.78. The van der Waals surface area contributed by atoms with Crippen molar-refractivity contribution in [2.75, 3.05) is 37.4 Å². The minimum atomic E-state index is -0.164. The van der Waals surface area contributed by atoms with E-state index in [0.29, 0.717) is 41.7 Å². The van der Waals surface area contributed by atoms with Crippen LogP contribution in [0.4, 0.5) is 11.4 Å². The quantitative estimate of drug-likeness (QED) is 0.442. The van der Waals surface area contributed by atoms with Crippen LogP contribution in [0.1, 0.15) is 13.3 Å². The van der Waals surface area contributed by atoms with Crippen molar-refractivity contribution in [3.63, 3.8) is 0 Å². The fourth-order valence-electron chi connectivity index (χ4n) is 3.24. The summed E-state index contributed by atoms with van der Waals surface area (Å²) < 4.78 is 11.2. The maximum Gasteiger partial charge on any atom is 0.238 e. The van der Waals surface area contributed by atoms with Gasteiger partial charge in [0.2, 0.25) is 11.8 Å². The molecule has 0 aliphatic heterocycles. The van der Waals surface area contributed by atoms with Gasteiger partial charge in [0.05, 0.1) is 25.0 Å². The fraction of sp³-hybridized carbons (Fsp3) is 0.231. The molecule has 33 heavy (non-hydrogen) atoms. The molecule has 172 valence electrons. The van der Waals surface area contributed by atoms with E-state index in [0.717, 1.165) is 0 Å². The topological polar surface area (TPSA) is 79.9 Å². The summed E-state index contributed by atoms with van der Waals surface area (Å²) in [4.78, 5) is 27.0. The molecule has 0 saturated heterocycles. The first-order chi connectivity index (χ1) is 16.1. The number of carbonyl (C=O) groups is 2. The van der Waals surface area contributed by atoms with Crippen molar-refractivity contribution in [3.8, 4) is 17.2 Å². The molecule has 0 fully saturated rings. The molecule has 0 aromatic heterocycles. The predicted molar refractivity (Wildman–Crippen MR) is 130 cm³/mol. The second-order valence-electron chi connectivity index (χ2n) is 7.33. The average Bonchev–Trinajstić information content (AvgIpc) is 2.84. The van der Waals surface area contributed by atoms with Crippen molar-refractivity contribution in [3.05, 3.63) is 78.9 Å². The van der Waals surface area contributed by atoms with Crippen LogP contribution in [0.15, 0.2) is 78.9 Å². The molecule has 3 aromatic rings. The monoisotopic (exact) mass is 447 g/mol. The van der Waals surface area contributed by atoms with Crippen LogP contribution in [0.5, 0.6) is 17.2 Å². The molecule has 7 heteroatoms. The van der Waals surface area contributed by atoms with Gasteiger partial charge in [-0.1, -0.05) is 49.4 Å². The highest BCUT2D eigenvalue weighted by Crippen LogP contribution is 2.29. The maximum atomic E-state index is 12.6. The number of benzene rings is 3. The molecule has 0 saturated carbocycles. The SMILES string of the molecule is CCN(CCC(=O)Nc1ccccc1Oc1ccccc1)CC(=O)Nc1ccccc1OC. The van der Waals surface area contributed by atoms with E-state index in [1.165, 1.54) is 0 Å². The van der Waals surface area contributed by atoms with Crippen LogP contribution in [0, 0.1) is 0 Å². The largest absolute Gasteiger partial charge is 0.495 e. The molecule has 3 aromatic carbocycles. The summed E-state index contributed by atoms with van der Waals surface area (Å²) in [5.74, 6) is 1.55. The van der Waals surface area contributed by atoms with Crippen LogP contribution in [0.3, 0.4) is 0 Å². The Balaban J connectivity index is 1.52. The lowest BCUT2D eigenvalue weighted by atomic mass is 10.2. The highest BCUT2D eigenvalue weighted by atomic mass is 16.5. The fourth-order valence-corrected chi connectivity index (χ4v) is 3.24. The second kappa shape index (κ2) is 12.3. The van der Waals surface area contributed by atoms with Gasteiger partial charge in [-0.2, -0.15) is 0 Å². The first-order valence-electron chi connectivity index (χ1n) is 10.9. The number of hydrogen-bond donors (Lipinski definition) is 2. The number of nitrogens with zero attached hydrogens (tertiary/aromatic N) is 1. The molecule has 2 amide bonds. The van der Waals surface area contributed by atoms with E-state index in [-0.39, 0.29) is 24.8 Å². The van der Waals surface area contributed by atoms with Gasteiger partial charge in [0.15, 0.2) is 5.75 Å². The Labute approximate surface area is 194 Å². The van der Waals surface area contributed by atoms with Gasteiger partial charge in [0.25, 0.3) is 0 Å². The first kappa shape index (κ1) is 23.8. The van der Waals surface area contributed by atoms with E-state index in [1.807, 2.05) is 72.5 Å². The molecule has 0 aliphatic carbocycles. The average molecular weight is 448 g/mol. The Morgan fingerprint density at radius 2 is 1.36 bits per heavy atom. The summed E-state index contributed by atoms with van der Waals surface area (Å²) in [5.41, 5.74) is 1.22. The summed E-state index contributed by atoms with van der Waals surface area (Å²) in [5, 5.41) is 5.77. The normalized spacial score (nSPS) is 10.5. The van der Waals surface area contributed by atoms with Crippen molar-refractivity contribution >= 4 is 23.2 Å². The summed E-state index contributed by atoms with van der Waals surface area (Å²) in [6.45, 7) is 3.22. The number of nitrogens with one attached hydrogen (secondary N) is 2. The van der Waals surface area contributed by atoms with Crippen LogP contribution in [0.25, 0.3) is 0 Å². The van der Waals surface area contributed by atoms with Crippen LogP contribution in [-0.4, -0.2) is 43.5 Å². The molecule has 3 rings (SSSR count). The minimum Gasteiger partial charge on any atom is -0.495 e. The molecule has 0 radical (unpaired) electrons. The van der Waals surface area contributed by atoms with Gasteiger partial charge in [0, 0.05) is 13.0 Å². The first-order valence-corrected chi connectivity index (χ1v) is 10.9. The van der Waals surface area contributed by atoms with Crippen molar-refractivity contribution in [1.82, 2.24) is 4.90 Å². The standard InChI is InChI=1S/C26H29N3O4/c1-3-29(19-26(31)28-21-13-7-9-15-23(21)32-2)18-17-25(30)27-22-14-8-10-16-24(22)33-20-11-5-4-6-12-20/h4-16H,3,17-19H2,1-2H3,(H,27,30)(H,28,31). The van der Waals surface area contributed by atoms with Gasteiger partial charge >= 0.3 is 0 Å². The molecule has 0 atom stereocenters. The van der Waals surface area contributed by atoms with Gasteiger partial charge in [-0.05, 0) is 42.9 Å². The van der Waals surface area contributed by atoms with Crippen molar-refractivity contribution < 1.29 is 19.1 Å². The second-order valence-corrected chi connectivity index (χ2v) is 7.33. The summed E-state index contributed by atoms with van der Waals surface area (Å²) in [7, 11) is 1.56. The third-order valence-electron chi connectivity index (χ3n) is 4.98. The number of methoxy groups -OCH3 is 1. The van der Waals surface area contributed by atoms with E-state index < -0.39 is 0 Å². The molecule has 2 N–H and O–H groups in total. The lowest BCUT2D eigenvalue weighted by Crippen LogP contribution is -2.35. The Morgan fingerprint density at radius 1 is 0.788 bits per heavy atom. The zero-order chi connectivity index (χ0) is 23.5. The summed E-state index contributed by atoms with van der Waals surface area (Å²) >= 11 is 0. The van der Waals surface area contributed by atoms with E-state index in [1.54, 1.807) is 25.3 Å². The number of rotatable bonds is 11. The Bertz CT molecular complexity index is 1060. The van der Waals surface area contributed by atoms with Gasteiger partial charge in [-0.3, -0.25) is 14.5 Å². The Kier molecular flexibility index (Phi) is 8.85. The number of ether oxygens (including phenoxy) is 2. The minimum absolute atomic E-state index is 0.150. The Morgan fingerprint density at radius 3 is 2.03 bits per heavy atom. The maximum absolute atomic E-state index is 12.6. The molecular formula is C26H29N3O4. The third-order valence-corrected chi connectivity index (χ3v) is 4.98. The van der Waals surface area contributed by atoms with E-state index >= 15 is 0 Å². The third kappa shape index (κ3) is 7.36. The molecule has 0 aliphatic rings. The number of amides is 2. The number of para-hydroxylation sites is 5. The summed E-state index contributed by atoms with van der Waals surface area (Å²) in [6.07, 6.45) is 0.245. The zero-order valence-electron chi connectivity index (χ0n) is 18.9. The van der Waals surface area contributed by atoms with Crippen LogP contribution in [-0.2, 0) is 9.59 Å². The zero-order valence-corrected chi connectivity index (χ0v) is 18.9. The van der Waals surface area contributed by atoms with Gasteiger partial charge in [0.1, 0.15) is 11.5 Å². The number of hydrogen-bond acceptors (Lipinski definition) is 5. The number of likely N-dealkylation sites (N-methyl/N-ethyl adjacent to an activating group) is 1. The van der Waals surface area contributed by atoms with E-state index in [2.05, 4.69) is 10.6 Å². The highest BCUT2D eigenvalue weighted by Gasteiger charge is 2.14.